The molecule has 2 unspecified atom stereocenters. The van der Waals surface area contributed by atoms with Crippen LogP contribution < -0.4 is 4.90 Å². The average Bonchev–Trinajstić information content (AvgIpc) is 2.29. The molecule has 2 N–H and O–H groups in total. The van der Waals surface area contributed by atoms with Gasteiger partial charge in [-0.2, -0.15) is 11.8 Å². The van der Waals surface area contributed by atoms with Crippen LogP contribution in [0, 0.1) is 0 Å². The van der Waals surface area contributed by atoms with Gasteiger partial charge >= 0.3 is 0 Å². The molecule has 1 aliphatic heterocycles. The van der Waals surface area contributed by atoms with Gasteiger partial charge in [0.2, 0.25) is 0 Å². The number of anilines is 1. The zero-order valence-electron chi connectivity index (χ0n) is 10.3. The van der Waals surface area contributed by atoms with Crippen LogP contribution in [-0.2, 0) is 0 Å². The minimum Gasteiger partial charge on any atom is -0.507 e. The Morgan fingerprint density at radius 2 is 2.24 bits per heavy atom. The summed E-state index contributed by atoms with van der Waals surface area (Å²) < 4.78 is 0. The number of aromatic hydroxyl groups is 1. The van der Waals surface area contributed by atoms with E-state index in [0.29, 0.717) is 11.6 Å². The predicted molar refractivity (Wildman–Crippen MR) is 72.9 cm³/mol. The summed E-state index contributed by atoms with van der Waals surface area (Å²) in [5.74, 6) is 2.44. The number of rotatable bonds is 2. The summed E-state index contributed by atoms with van der Waals surface area (Å²) in [5.41, 5.74) is 1.63. The number of aliphatic hydroxyl groups is 1. The summed E-state index contributed by atoms with van der Waals surface area (Å²) >= 11 is 1.97. The van der Waals surface area contributed by atoms with Crippen LogP contribution in [0.25, 0.3) is 0 Å². The second kappa shape index (κ2) is 5.19. The lowest BCUT2D eigenvalue weighted by molar-refractivity contribution is 0.195. The number of phenols is 1. The van der Waals surface area contributed by atoms with Crippen LogP contribution in [0.3, 0.4) is 0 Å². The van der Waals surface area contributed by atoms with Gasteiger partial charge in [-0.3, -0.25) is 0 Å². The molecule has 0 bridgehead atoms. The molecule has 3 nitrogen and oxygen atoms in total. The Hall–Kier alpha value is -0.870. The van der Waals surface area contributed by atoms with Crippen molar-refractivity contribution in [2.45, 2.75) is 26.0 Å². The standard InChI is InChI=1S/C13H19NO2S/c1-9-8-17-6-5-14(9)11-3-4-12(10(2)15)13(16)7-11/h3-4,7,9-10,15-16H,5-6,8H2,1-2H3. The van der Waals surface area contributed by atoms with Crippen LogP contribution in [0.5, 0.6) is 5.75 Å². The van der Waals surface area contributed by atoms with Crippen molar-refractivity contribution in [2.24, 2.45) is 0 Å². The van der Waals surface area contributed by atoms with Gasteiger partial charge in [0.1, 0.15) is 5.75 Å². The molecule has 0 amide bonds. The van der Waals surface area contributed by atoms with Crippen molar-refractivity contribution in [3.8, 4) is 5.75 Å². The van der Waals surface area contributed by atoms with Crippen molar-refractivity contribution >= 4 is 17.4 Å². The van der Waals surface area contributed by atoms with Crippen LogP contribution in [0.2, 0.25) is 0 Å². The van der Waals surface area contributed by atoms with Crippen molar-refractivity contribution in [1.29, 1.82) is 0 Å². The van der Waals surface area contributed by atoms with Crippen LogP contribution in [-0.4, -0.2) is 34.3 Å². The molecule has 1 fully saturated rings. The topological polar surface area (TPSA) is 43.7 Å². The Morgan fingerprint density at radius 3 is 2.82 bits per heavy atom. The highest BCUT2D eigenvalue weighted by Crippen LogP contribution is 2.31. The molecule has 17 heavy (non-hydrogen) atoms. The normalized spacial score (nSPS) is 22.5. The maximum Gasteiger partial charge on any atom is 0.123 e. The molecule has 94 valence electrons. The number of benzene rings is 1. The summed E-state index contributed by atoms with van der Waals surface area (Å²) in [4.78, 5) is 2.31. The van der Waals surface area contributed by atoms with Gasteiger partial charge < -0.3 is 15.1 Å². The Kier molecular flexibility index (Phi) is 3.84. The van der Waals surface area contributed by atoms with E-state index in [4.69, 9.17) is 0 Å². The summed E-state index contributed by atoms with van der Waals surface area (Å²) in [6.07, 6.45) is -0.626. The van der Waals surface area contributed by atoms with E-state index in [1.54, 1.807) is 13.0 Å². The molecule has 0 radical (unpaired) electrons. The van der Waals surface area contributed by atoms with Crippen molar-refractivity contribution in [1.82, 2.24) is 0 Å². The van der Waals surface area contributed by atoms with Gasteiger partial charge in [0.05, 0.1) is 6.10 Å². The van der Waals surface area contributed by atoms with Crippen LogP contribution >= 0.6 is 11.8 Å². The van der Waals surface area contributed by atoms with Crippen molar-refractivity contribution < 1.29 is 10.2 Å². The molecule has 1 aromatic carbocycles. The highest BCUT2D eigenvalue weighted by molar-refractivity contribution is 7.99. The van der Waals surface area contributed by atoms with E-state index in [1.807, 2.05) is 23.9 Å². The zero-order valence-corrected chi connectivity index (χ0v) is 11.1. The van der Waals surface area contributed by atoms with E-state index >= 15 is 0 Å². The molecular formula is C13H19NO2S. The number of hydrogen-bond acceptors (Lipinski definition) is 4. The quantitative estimate of drug-likeness (QED) is 0.849. The van der Waals surface area contributed by atoms with Gasteiger partial charge in [0.25, 0.3) is 0 Å². The summed E-state index contributed by atoms with van der Waals surface area (Å²) in [6.45, 7) is 4.87. The van der Waals surface area contributed by atoms with E-state index in [2.05, 4.69) is 11.8 Å². The lowest BCUT2D eigenvalue weighted by Crippen LogP contribution is -2.40. The Balaban J connectivity index is 2.24. The van der Waals surface area contributed by atoms with Crippen LogP contribution in [0.1, 0.15) is 25.5 Å². The van der Waals surface area contributed by atoms with E-state index in [9.17, 15) is 10.2 Å². The average molecular weight is 253 g/mol. The Bertz CT molecular complexity index is 395. The predicted octanol–water partition coefficient (Wildman–Crippen LogP) is 2.39. The second-order valence-corrected chi connectivity index (χ2v) is 5.69. The fourth-order valence-corrected chi connectivity index (χ4v) is 3.19. The summed E-state index contributed by atoms with van der Waals surface area (Å²) in [5, 5.41) is 19.4. The highest BCUT2D eigenvalue weighted by Gasteiger charge is 2.20. The zero-order chi connectivity index (χ0) is 12.4. The minimum absolute atomic E-state index is 0.183. The molecule has 1 saturated heterocycles. The maximum absolute atomic E-state index is 9.89. The fraction of sp³-hybridized carbons (Fsp3) is 0.538. The fourth-order valence-electron chi connectivity index (χ4n) is 2.17. The first kappa shape index (κ1) is 12.6. The lowest BCUT2D eigenvalue weighted by atomic mass is 10.1. The molecule has 2 atom stereocenters. The van der Waals surface area contributed by atoms with Crippen molar-refractivity contribution in [3.63, 3.8) is 0 Å². The van der Waals surface area contributed by atoms with E-state index < -0.39 is 6.10 Å². The first-order valence-electron chi connectivity index (χ1n) is 5.95. The number of nitrogens with zero attached hydrogens (tertiary/aromatic N) is 1. The lowest BCUT2D eigenvalue weighted by Gasteiger charge is -2.35. The third-order valence-electron chi connectivity index (χ3n) is 3.16. The minimum atomic E-state index is -0.626. The van der Waals surface area contributed by atoms with Crippen molar-refractivity contribution in [3.05, 3.63) is 23.8 Å². The number of hydrogen-bond donors (Lipinski definition) is 2. The van der Waals surface area contributed by atoms with Gasteiger partial charge in [0.15, 0.2) is 0 Å². The first-order chi connectivity index (χ1) is 8.09. The van der Waals surface area contributed by atoms with Gasteiger partial charge in [0, 0.05) is 41.4 Å². The molecule has 0 saturated carbocycles. The van der Waals surface area contributed by atoms with E-state index in [-0.39, 0.29) is 5.75 Å². The number of phenolic OH excluding ortho intramolecular Hbond substituents is 1. The van der Waals surface area contributed by atoms with E-state index in [1.165, 1.54) is 0 Å². The SMILES string of the molecule is CC(O)c1ccc(N2CCSCC2C)cc1O. The molecule has 1 heterocycles. The van der Waals surface area contributed by atoms with Gasteiger partial charge in [-0.15, -0.1) is 0 Å². The molecular weight excluding hydrogens is 234 g/mol. The second-order valence-electron chi connectivity index (χ2n) is 4.54. The highest BCUT2D eigenvalue weighted by atomic mass is 32.2. The molecule has 2 rings (SSSR count). The van der Waals surface area contributed by atoms with Crippen molar-refractivity contribution in [2.75, 3.05) is 23.0 Å². The van der Waals surface area contributed by atoms with Gasteiger partial charge in [-0.05, 0) is 19.9 Å². The van der Waals surface area contributed by atoms with Crippen LogP contribution in [0.15, 0.2) is 18.2 Å². The molecule has 4 heteroatoms. The maximum atomic E-state index is 9.89. The van der Waals surface area contributed by atoms with Gasteiger partial charge in [-0.1, -0.05) is 6.07 Å². The monoisotopic (exact) mass is 253 g/mol. The Labute approximate surface area is 106 Å². The molecule has 1 aliphatic rings. The summed E-state index contributed by atoms with van der Waals surface area (Å²) in [6, 6.07) is 6.04. The smallest absolute Gasteiger partial charge is 0.123 e. The number of aliphatic hydroxyl groups excluding tert-OH is 1. The molecule has 0 aromatic heterocycles. The molecule has 1 aromatic rings. The largest absolute Gasteiger partial charge is 0.507 e. The molecule has 0 spiro atoms. The third-order valence-corrected chi connectivity index (χ3v) is 4.35. The van der Waals surface area contributed by atoms with Gasteiger partial charge in [-0.25, -0.2) is 0 Å². The first-order valence-corrected chi connectivity index (χ1v) is 7.10. The Morgan fingerprint density at radius 1 is 1.47 bits per heavy atom. The summed E-state index contributed by atoms with van der Waals surface area (Å²) in [7, 11) is 0. The van der Waals surface area contributed by atoms with Crippen LogP contribution in [0.4, 0.5) is 5.69 Å². The third kappa shape index (κ3) is 2.69. The van der Waals surface area contributed by atoms with E-state index in [0.717, 1.165) is 23.7 Å². The number of thioether (sulfide) groups is 1. The molecule has 0 aliphatic carbocycles.